The Kier molecular flexibility index (Phi) is 10.2. The van der Waals surface area contributed by atoms with Crippen LogP contribution in [0.5, 0.6) is 0 Å². The summed E-state index contributed by atoms with van der Waals surface area (Å²) in [4.78, 5) is 0. The summed E-state index contributed by atoms with van der Waals surface area (Å²) in [5, 5.41) is 20.9. The van der Waals surface area contributed by atoms with Crippen LogP contribution in [-0.4, -0.2) is 12.6 Å². The van der Waals surface area contributed by atoms with Crippen LogP contribution in [0.1, 0.15) is 0 Å². The average molecular weight is 1060 g/mol. The molecule has 382 valence electrons. The molecular formula is C80H53NSi. The van der Waals surface area contributed by atoms with Crippen LogP contribution in [0.15, 0.2) is 285 Å². The fourth-order valence-corrected chi connectivity index (χ4v) is 17.4. The van der Waals surface area contributed by atoms with Crippen molar-refractivity contribution in [1.29, 1.82) is 0 Å². The molecule has 0 N–H and O–H groups in total. The van der Waals surface area contributed by atoms with Crippen LogP contribution < -0.4 is 10.4 Å². The molecule has 0 fully saturated rings. The summed E-state index contributed by atoms with van der Waals surface area (Å²) < 4.78 is 2.53. The second-order valence-electron chi connectivity index (χ2n) is 23.1. The zero-order valence-corrected chi connectivity index (χ0v) is 46.6. The van der Waals surface area contributed by atoms with Crippen LogP contribution in [0.25, 0.3) is 159 Å². The lowest BCUT2D eigenvalue weighted by atomic mass is 9.92. The topological polar surface area (TPSA) is 4.93 Å². The number of fused-ring (bicyclic) bond motifs is 15. The van der Waals surface area contributed by atoms with E-state index >= 15 is 0 Å². The first kappa shape index (κ1) is 46.8. The number of hydrogen-bond acceptors (Lipinski definition) is 0. The van der Waals surface area contributed by atoms with Crippen molar-refractivity contribution in [2.45, 2.75) is 13.1 Å². The first-order valence-electron chi connectivity index (χ1n) is 28.7. The molecule has 0 saturated heterocycles. The van der Waals surface area contributed by atoms with E-state index in [1.54, 1.807) is 0 Å². The molecule has 17 rings (SSSR count). The SMILES string of the molecule is C[Si]1(C)c2cc(-c3cc4ccccc4c4ccccc34)ccc2-c2ccc(-n3c4ccc(-c5ccc(-c6cc7ccccc7c7ccccc67)cc5)cc4c4cc(-c5ccc(-c6cc7ccccc7c7ccccc67)cc5)ccc43)cc21. The number of hydrogen-bond donors (Lipinski definition) is 0. The largest absolute Gasteiger partial charge is 0.309 e. The van der Waals surface area contributed by atoms with Gasteiger partial charge < -0.3 is 4.57 Å². The minimum atomic E-state index is -2.18. The zero-order valence-electron chi connectivity index (χ0n) is 45.6. The van der Waals surface area contributed by atoms with Crippen LogP contribution >= 0.6 is 0 Å². The van der Waals surface area contributed by atoms with Crippen LogP contribution in [-0.2, 0) is 0 Å². The minimum absolute atomic E-state index is 1.20. The molecule has 1 aromatic heterocycles. The molecule has 0 bridgehead atoms. The van der Waals surface area contributed by atoms with Crippen molar-refractivity contribution in [3.05, 3.63) is 285 Å². The summed E-state index contributed by atoms with van der Waals surface area (Å²) in [5.41, 5.74) is 18.7. The summed E-state index contributed by atoms with van der Waals surface area (Å²) in [5.74, 6) is 0. The van der Waals surface area contributed by atoms with Crippen LogP contribution in [0.2, 0.25) is 13.1 Å². The summed E-state index contributed by atoms with van der Waals surface area (Å²) in [6, 6.07) is 107. The van der Waals surface area contributed by atoms with E-state index in [9.17, 15) is 0 Å². The molecule has 82 heavy (non-hydrogen) atoms. The molecule has 0 amide bonds. The van der Waals surface area contributed by atoms with E-state index in [4.69, 9.17) is 0 Å². The average Bonchev–Trinajstić information content (AvgIpc) is 3.74. The molecular weight excluding hydrogens is 1000 g/mol. The zero-order chi connectivity index (χ0) is 54.2. The van der Waals surface area contributed by atoms with Gasteiger partial charge >= 0.3 is 0 Å². The van der Waals surface area contributed by atoms with Gasteiger partial charge in [-0.15, -0.1) is 0 Å². The Morgan fingerprint density at radius 1 is 0.220 bits per heavy atom. The Morgan fingerprint density at radius 3 is 0.988 bits per heavy atom. The van der Waals surface area contributed by atoms with Gasteiger partial charge in [0.05, 0.1) is 11.0 Å². The molecule has 2 heteroatoms. The second kappa shape index (κ2) is 17.9. The van der Waals surface area contributed by atoms with Gasteiger partial charge in [-0.3, -0.25) is 0 Å². The monoisotopic (exact) mass is 1060 g/mol. The van der Waals surface area contributed by atoms with Crippen molar-refractivity contribution in [2.75, 3.05) is 0 Å². The van der Waals surface area contributed by atoms with Gasteiger partial charge in [0.1, 0.15) is 8.07 Å². The third-order valence-electron chi connectivity index (χ3n) is 18.4. The van der Waals surface area contributed by atoms with Crippen molar-refractivity contribution >= 4 is 105 Å². The van der Waals surface area contributed by atoms with E-state index in [1.807, 2.05) is 0 Å². The Balaban J connectivity index is 0.790. The number of aromatic nitrogens is 1. The van der Waals surface area contributed by atoms with Gasteiger partial charge in [-0.25, -0.2) is 0 Å². The fraction of sp³-hybridized carbons (Fsp3) is 0.0250. The first-order valence-corrected chi connectivity index (χ1v) is 31.7. The highest BCUT2D eigenvalue weighted by Gasteiger charge is 2.38. The molecule has 0 saturated carbocycles. The predicted octanol–water partition coefficient (Wildman–Crippen LogP) is 20.8. The van der Waals surface area contributed by atoms with E-state index in [2.05, 4.69) is 303 Å². The van der Waals surface area contributed by atoms with E-state index in [-0.39, 0.29) is 0 Å². The molecule has 0 radical (unpaired) electrons. The van der Waals surface area contributed by atoms with Crippen LogP contribution in [0, 0.1) is 0 Å². The van der Waals surface area contributed by atoms with Crippen molar-refractivity contribution in [3.63, 3.8) is 0 Å². The smallest absolute Gasteiger partial charge is 0.113 e. The second-order valence-corrected chi connectivity index (χ2v) is 27.5. The normalized spacial score (nSPS) is 12.9. The van der Waals surface area contributed by atoms with Gasteiger partial charge in [0, 0.05) is 16.5 Å². The van der Waals surface area contributed by atoms with Gasteiger partial charge in [-0.2, -0.15) is 0 Å². The minimum Gasteiger partial charge on any atom is -0.309 e. The molecule has 16 aromatic rings. The van der Waals surface area contributed by atoms with E-state index < -0.39 is 8.07 Å². The summed E-state index contributed by atoms with van der Waals surface area (Å²) in [6.45, 7) is 5.10. The quantitative estimate of drug-likeness (QED) is 0.116. The van der Waals surface area contributed by atoms with Crippen molar-refractivity contribution in [1.82, 2.24) is 4.57 Å². The van der Waals surface area contributed by atoms with Crippen LogP contribution in [0.4, 0.5) is 0 Å². The maximum Gasteiger partial charge on any atom is 0.113 e. The molecule has 2 heterocycles. The maximum atomic E-state index is 2.55. The van der Waals surface area contributed by atoms with Crippen molar-refractivity contribution in [3.8, 4) is 72.4 Å². The highest BCUT2D eigenvalue weighted by molar-refractivity contribution is 7.04. The summed E-state index contributed by atoms with van der Waals surface area (Å²) >= 11 is 0. The van der Waals surface area contributed by atoms with Gasteiger partial charge in [0.2, 0.25) is 0 Å². The maximum absolute atomic E-state index is 2.55. The number of benzene rings is 15. The third-order valence-corrected chi connectivity index (χ3v) is 21.9. The fourth-order valence-electron chi connectivity index (χ4n) is 14.3. The summed E-state index contributed by atoms with van der Waals surface area (Å²) in [6.07, 6.45) is 0. The Hall–Kier alpha value is -10.1. The third kappa shape index (κ3) is 7.11. The van der Waals surface area contributed by atoms with Gasteiger partial charge in [0.25, 0.3) is 0 Å². The molecule has 1 nitrogen and oxygen atoms in total. The van der Waals surface area contributed by atoms with Gasteiger partial charge in [-0.05, 0) is 196 Å². The molecule has 1 aliphatic heterocycles. The predicted molar refractivity (Wildman–Crippen MR) is 355 cm³/mol. The molecule has 0 unspecified atom stereocenters. The Morgan fingerprint density at radius 2 is 0.549 bits per heavy atom. The van der Waals surface area contributed by atoms with E-state index in [0.29, 0.717) is 0 Å². The van der Waals surface area contributed by atoms with E-state index in [1.165, 1.54) is 169 Å². The molecule has 15 aromatic carbocycles. The first-order chi connectivity index (χ1) is 40.4. The van der Waals surface area contributed by atoms with Gasteiger partial charge in [0.15, 0.2) is 0 Å². The standard InChI is InChI=1S/C80H53NSi/c1-82(2)79-48-59(74-47-58-17-5-8-20-63(58)66-23-11-14-26-69(66)74)35-39-70(79)71-40-38-60(49-80(71)82)81-77-41-36-54(50-27-31-52(32-28-50)72-45-56-15-3-6-18-61(56)64-21-9-12-24-67(64)72)43-75(77)76-44-55(37-42-78(76)81)51-29-33-53(34-30-51)73-46-57-16-4-7-19-62(57)65-22-10-13-25-68(65)73/h3-49H,1-2H3. The number of nitrogens with zero attached hydrogens (tertiary/aromatic N) is 1. The van der Waals surface area contributed by atoms with Crippen molar-refractivity contribution in [2.24, 2.45) is 0 Å². The van der Waals surface area contributed by atoms with Crippen molar-refractivity contribution < 1.29 is 0 Å². The highest BCUT2D eigenvalue weighted by Crippen LogP contribution is 2.43. The molecule has 0 spiro atoms. The summed E-state index contributed by atoms with van der Waals surface area (Å²) in [7, 11) is -2.18. The Bertz CT molecular complexity index is 5130. The lowest BCUT2D eigenvalue weighted by Gasteiger charge is -2.21. The molecule has 1 aliphatic rings. The van der Waals surface area contributed by atoms with Gasteiger partial charge in [-0.1, -0.05) is 244 Å². The number of rotatable bonds is 6. The van der Waals surface area contributed by atoms with E-state index in [0.717, 1.165) is 0 Å². The lowest BCUT2D eigenvalue weighted by Crippen LogP contribution is -2.49. The molecule has 0 atom stereocenters. The Labute approximate surface area is 477 Å². The van der Waals surface area contributed by atoms with Crippen LogP contribution in [0.3, 0.4) is 0 Å². The molecule has 0 aliphatic carbocycles. The highest BCUT2D eigenvalue weighted by atomic mass is 28.3. The lowest BCUT2D eigenvalue weighted by molar-refractivity contribution is 1.18.